The van der Waals surface area contributed by atoms with Gasteiger partial charge in [0.25, 0.3) is 0 Å². The molecular weight excluding hydrogens is 240 g/mol. The number of piperidine rings is 1. The molecule has 0 amide bonds. The van der Waals surface area contributed by atoms with Crippen LogP contribution in [0.1, 0.15) is 26.1 Å². The van der Waals surface area contributed by atoms with E-state index >= 15 is 0 Å². The third kappa shape index (κ3) is 3.76. The standard InChI is InChI=1S/C13H24N6/c1-9-5-10(2)7-19(6-9)8-11-15-12(14)17-13(16-11)18(3)4/h9-10H,5-8H2,1-4H3,(H2,14,15,16,17)/t9-,10-/m0/s1. The Morgan fingerprint density at radius 2 is 1.79 bits per heavy atom. The summed E-state index contributed by atoms with van der Waals surface area (Å²) in [5.74, 6) is 3.15. The van der Waals surface area contributed by atoms with E-state index in [4.69, 9.17) is 5.73 Å². The molecule has 1 aromatic rings. The fourth-order valence-electron chi connectivity index (χ4n) is 2.82. The molecule has 2 N–H and O–H groups in total. The lowest BCUT2D eigenvalue weighted by Crippen LogP contribution is -2.38. The quantitative estimate of drug-likeness (QED) is 0.878. The van der Waals surface area contributed by atoms with Crippen LogP contribution in [0.5, 0.6) is 0 Å². The van der Waals surface area contributed by atoms with Gasteiger partial charge in [0.05, 0.1) is 6.54 Å². The molecule has 1 saturated heterocycles. The Hall–Kier alpha value is -1.43. The largest absolute Gasteiger partial charge is 0.368 e. The van der Waals surface area contributed by atoms with Crippen LogP contribution < -0.4 is 10.6 Å². The summed E-state index contributed by atoms with van der Waals surface area (Å²) < 4.78 is 0. The lowest BCUT2D eigenvalue weighted by atomic mass is 9.92. The number of nitrogens with two attached hydrogens (primary N) is 1. The number of likely N-dealkylation sites (tertiary alicyclic amines) is 1. The maximum atomic E-state index is 5.75. The Bertz CT molecular complexity index is 423. The molecule has 1 aliphatic rings. The lowest BCUT2D eigenvalue weighted by molar-refractivity contribution is 0.131. The van der Waals surface area contributed by atoms with Crippen molar-refractivity contribution in [1.82, 2.24) is 19.9 Å². The first-order chi connectivity index (χ1) is 8.94. The Kier molecular flexibility index (Phi) is 4.19. The van der Waals surface area contributed by atoms with Crippen molar-refractivity contribution in [3.05, 3.63) is 5.82 Å². The molecule has 2 heterocycles. The SMILES string of the molecule is C[C@H]1C[C@H](C)CN(Cc2nc(N)nc(N(C)C)n2)C1. The van der Waals surface area contributed by atoms with Crippen LogP contribution in [-0.4, -0.2) is 47.0 Å². The van der Waals surface area contributed by atoms with Gasteiger partial charge in [0.2, 0.25) is 11.9 Å². The van der Waals surface area contributed by atoms with E-state index in [9.17, 15) is 0 Å². The molecule has 0 aromatic carbocycles. The molecule has 0 bridgehead atoms. The molecule has 0 radical (unpaired) electrons. The smallest absolute Gasteiger partial charge is 0.229 e. The van der Waals surface area contributed by atoms with Gasteiger partial charge in [-0.1, -0.05) is 13.8 Å². The number of rotatable bonds is 3. The predicted molar refractivity (Wildman–Crippen MR) is 76.8 cm³/mol. The highest BCUT2D eigenvalue weighted by Crippen LogP contribution is 2.22. The number of hydrogen-bond donors (Lipinski definition) is 1. The molecule has 19 heavy (non-hydrogen) atoms. The lowest BCUT2D eigenvalue weighted by Gasteiger charge is -2.34. The molecule has 0 unspecified atom stereocenters. The van der Waals surface area contributed by atoms with Gasteiger partial charge in [0.15, 0.2) is 0 Å². The van der Waals surface area contributed by atoms with Gasteiger partial charge < -0.3 is 10.6 Å². The molecular formula is C13H24N6. The minimum absolute atomic E-state index is 0.298. The molecule has 0 spiro atoms. The predicted octanol–water partition coefficient (Wildman–Crippen LogP) is 0.998. The maximum absolute atomic E-state index is 5.75. The molecule has 6 heteroatoms. The van der Waals surface area contributed by atoms with Crippen molar-refractivity contribution in [1.29, 1.82) is 0 Å². The van der Waals surface area contributed by atoms with E-state index in [0.29, 0.717) is 11.9 Å². The zero-order chi connectivity index (χ0) is 14.0. The minimum atomic E-state index is 0.298. The fourth-order valence-corrected chi connectivity index (χ4v) is 2.82. The van der Waals surface area contributed by atoms with Gasteiger partial charge in [0.1, 0.15) is 5.82 Å². The number of nitrogen functional groups attached to an aromatic ring is 1. The summed E-state index contributed by atoms with van der Waals surface area (Å²) in [6, 6.07) is 0. The number of nitrogens with zero attached hydrogens (tertiary/aromatic N) is 5. The van der Waals surface area contributed by atoms with Gasteiger partial charge in [-0.2, -0.15) is 15.0 Å². The van der Waals surface area contributed by atoms with E-state index in [1.54, 1.807) is 0 Å². The number of aromatic nitrogens is 3. The molecule has 6 nitrogen and oxygen atoms in total. The highest BCUT2D eigenvalue weighted by molar-refractivity contribution is 5.32. The first-order valence-electron chi connectivity index (χ1n) is 6.84. The van der Waals surface area contributed by atoms with E-state index in [0.717, 1.165) is 37.3 Å². The fraction of sp³-hybridized carbons (Fsp3) is 0.769. The van der Waals surface area contributed by atoms with Crippen molar-refractivity contribution < 1.29 is 0 Å². The summed E-state index contributed by atoms with van der Waals surface area (Å²) in [5, 5.41) is 0. The zero-order valence-electron chi connectivity index (χ0n) is 12.3. The molecule has 1 aromatic heterocycles. The first-order valence-corrected chi connectivity index (χ1v) is 6.84. The highest BCUT2D eigenvalue weighted by atomic mass is 15.3. The van der Waals surface area contributed by atoms with Crippen LogP contribution >= 0.6 is 0 Å². The van der Waals surface area contributed by atoms with Gasteiger partial charge in [-0.3, -0.25) is 4.90 Å². The van der Waals surface area contributed by atoms with Gasteiger partial charge in [0, 0.05) is 27.2 Å². The monoisotopic (exact) mass is 264 g/mol. The van der Waals surface area contributed by atoms with Crippen molar-refractivity contribution >= 4 is 11.9 Å². The summed E-state index contributed by atoms with van der Waals surface area (Å²) in [5.41, 5.74) is 5.75. The van der Waals surface area contributed by atoms with Crippen LogP contribution in [0.25, 0.3) is 0 Å². The molecule has 2 rings (SSSR count). The van der Waals surface area contributed by atoms with Crippen LogP contribution in [0.3, 0.4) is 0 Å². The molecule has 1 fully saturated rings. The number of hydrogen-bond acceptors (Lipinski definition) is 6. The third-order valence-corrected chi connectivity index (χ3v) is 3.40. The average molecular weight is 264 g/mol. The van der Waals surface area contributed by atoms with Crippen molar-refractivity contribution in [3.8, 4) is 0 Å². The van der Waals surface area contributed by atoms with Gasteiger partial charge >= 0.3 is 0 Å². The summed E-state index contributed by atoms with van der Waals surface area (Å²) in [6.07, 6.45) is 1.30. The average Bonchev–Trinajstić information content (AvgIpc) is 2.26. The molecule has 2 atom stereocenters. The molecule has 0 saturated carbocycles. The van der Waals surface area contributed by atoms with E-state index in [2.05, 4.69) is 33.7 Å². The second kappa shape index (κ2) is 5.69. The summed E-state index contributed by atoms with van der Waals surface area (Å²) in [4.78, 5) is 17.1. The van der Waals surface area contributed by atoms with Crippen LogP contribution in [-0.2, 0) is 6.54 Å². The first kappa shape index (κ1) is 14.0. The van der Waals surface area contributed by atoms with Crippen LogP contribution in [0.4, 0.5) is 11.9 Å². The second-order valence-electron chi connectivity index (χ2n) is 5.94. The van der Waals surface area contributed by atoms with Crippen LogP contribution in [0.2, 0.25) is 0 Å². The molecule has 1 aliphatic heterocycles. The highest BCUT2D eigenvalue weighted by Gasteiger charge is 2.22. The Balaban J connectivity index is 2.10. The van der Waals surface area contributed by atoms with Crippen molar-refractivity contribution in [2.45, 2.75) is 26.8 Å². The minimum Gasteiger partial charge on any atom is -0.368 e. The maximum Gasteiger partial charge on any atom is 0.229 e. The summed E-state index contributed by atoms with van der Waals surface area (Å²) >= 11 is 0. The normalized spacial score (nSPS) is 24.4. The Labute approximate surface area is 115 Å². The second-order valence-corrected chi connectivity index (χ2v) is 5.94. The van der Waals surface area contributed by atoms with Crippen LogP contribution in [0.15, 0.2) is 0 Å². The van der Waals surface area contributed by atoms with Crippen molar-refractivity contribution in [3.63, 3.8) is 0 Å². The van der Waals surface area contributed by atoms with E-state index in [1.165, 1.54) is 6.42 Å². The Morgan fingerprint density at radius 3 is 2.37 bits per heavy atom. The van der Waals surface area contributed by atoms with E-state index < -0.39 is 0 Å². The zero-order valence-corrected chi connectivity index (χ0v) is 12.3. The third-order valence-electron chi connectivity index (χ3n) is 3.40. The molecule has 106 valence electrons. The number of anilines is 2. The topological polar surface area (TPSA) is 71.2 Å². The van der Waals surface area contributed by atoms with Crippen LogP contribution in [0, 0.1) is 11.8 Å². The van der Waals surface area contributed by atoms with E-state index in [-0.39, 0.29) is 0 Å². The molecule has 0 aliphatic carbocycles. The summed E-state index contributed by atoms with van der Waals surface area (Å²) in [6.45, 7) is 7.56. The van der Waals surface area contributed by atoms with Gasteiger partial charge in [-0.15, -0.1) is 0 Å². The van der Waals surface area contributed by atoms with Gasteiger partial charge in [-0.05, 0) is 18.3 Å². The van der Waals surface area contributed by atoms with E-state index in [1.807, 2.05) is 19.0 Å². The summed E-state index contributed by atoms with van der Waals surface area (Å²) in [7, 11) is 3.81. The Morgan fingerprint density at radius 1 is 1.16 bits per heavy atom. The van der Waals surface area contributed by atoms with Crippen molar-refractivity contribution in [2.75, 3.05) is 37.8 Å². The van der Waals surface area contributed by atoms with Crippen molar-refractivity contribution in [2.24, 2.45) is 11.8 Å². The van der Waals surface area contributed by atoms with Gasteiger partial charge in [-0.25, -0.2) is 0 Å².